The van der Waals surface area contributed by atoms with Gasteiger partial charge in [-0.1, -0.05) is 31.2 Å². The molecule has 0 saturated heterocycles. The highest BCUT2D eigenvalue weighted by molar-refractivity contribution is 6.01. The summed E-state index contributed by atoms with van der Waals surface area (Å²) >= 11 is 0. The van der Waals surface area contributed by atoms with E-state index in [4.69, 9.17) is 0 Å². The van der Waals surface area contributed by atoms with E-state index in [1.165, 1.54) is 11.9 Å². The number of aryl methyl sites for hydroxylation is 1. The van der Waals surface area contributed by atoms with Gasteiger partial charge in [-0.25, -0.2) is 10.1 Å². The monoisotopic (exact) mass is 334 g/mol. The van der Waals surface area contributed by atoms with Crippen LogP contribution in [-0.4, -0.2) is 31.8 Å². The van der Waals surface area contributed by atoms with E-state index < -0.39 is 0 Å². The molecule has 1 aromatic heterocycles. The van der Waals surface area contributed by atoms with E-state index in [9.17, 15) is 4.79 Å². The molecule has 7 heteroatoms. The third-order valence-corrected chi connectivity index (χ3v) is 3.83. The Kier molecular flexibility index (Phi) is 4.94. The number of hydrogen-bond donors (Lipinski definition) is 1. The van der Waals surface area contributed by atoms with Gasteiger partial charge in [0.05, 0.1) is 11.4 Å². The second kappa shape index (κ2) is 7.48. The minimum atomic E-state index is -0.237. The van der Waals surface area contributed by atoms with Crippen molar-refractivity contribution in [2.45, 2.75) is 20.3 Å². The molecule has 1 heterocycles. The zero-order valence-corrected chi connectivity index (χ0v) is 14.0. The van der Waals surface area contributed by atoms with Gasteiger partial charge in [-0.3, -0.25) is 4.79 Å². The van der Waals surface area contributed by atoms with Gasteiger partial charge in [0.15, 0.2) is 0 Å². The molecule has 7 nitrogen and oxygen atoms in total. The summed E-state index contributed by atoms with van der Waals surface area (Å²) in [7, 11) is 0. The Morgan fingerprint density at radius 3 is 2.64 bits per heavy atom. The van der Waals surface area contributed by atoms with Crippen molar-refractivity contribution in [3.05, 3.63) is 71.5 Å². The summed E-state index contributed by atoms with van der Waals surface area (Å²) in [5, 5.41) is 15.3. The number of carbonyl (C=O) groups excluding carboxylic acids is 1. The Balaban J connectivity index is 1.73. The molecule has 0 aliphatic heterocycles. The lowest BCUT2D eigenvalue weighted by Gasteiger charge is -2.06. The van der Waals surface area contributed by atoms with Crippen LogP contribution >= 0.6 is 0 Å². The number of tetrazole rings is 1. The molecule has 0 fully saturated rings. The van der Waals surface area contributed by atoms with Crippen molar-refractivity contribution in [1.29, 1.82) is 0 Å². The predicted molar refractivity (Wildman–Crippen MR) is 94.7 cm³/mol. The second-order valence-corrected chi connectivity index (χ2v) is 5.49. The van der Waals surface area contributed by atoms with Crippen molar-refractivity contribution in [3.63, 3.8) is 0 Å². The molecule has 0 radical (unpaired) electrons. The Morgan fingerprint density at radius 1 is 1.16 bits per heavy atom. The third kappa shape index (κ3) is 3.95. The van der Waals surface area contributed by atoms with Gasteiger partial charge in [-0.15, -0.1) is 5.10 Å². The first-order chi connectivity index (χ1) is 12.2. The van der Waals surface area contributed by atoms with Gasteiger partial charge in [-0.05, 0) is 59.2 Å². The van der Waals surface area contributed by atoms with E-state index in [0.29, 0.717) is 11.3 Å². The van der Waals surface area contributed by atoms with Gasteiger partial charge < -0.3 is 0 Å². The fourth-order valence-electron chi connectivity index (χ4n) is 2.31. The SMILES string of the molecule is CCc1ccc(C(=O)N/N=C(/C)c2cccc(-n3cnnn3)c2)cc1. The maximum absolute atomic E-state index is 12.2. The lowest BCUT2D eigenvalue weighted by molar-refractivity contribution is 0.0955. The van der Waals surface area contributed by atoms with Crippen molar-refractivity contribution in [2.75, 3.05) is 0 Å². The van der Waals surface area contributed by atoms with Crippen LogP contribution in [0.5, 0.6) is 0 Å². The fraction of sp³-hybridized carbons (Fsp3) is 0.167. The zero-order valence-electron chi connectivity index (χ0n) is 14.0. The highest BCUT2D eigenvalue weighted by Gasteiger charge is 2.06. The molecule has 0 spiro atoms. The van der Waals surface area contributed by atoms with Crippen LogP contribution in [0, 0.1) is 0 Å². The summed E-state index contributed by atoms with van der Waals surface area (Å²) in [5.74, 6) is -0.237. The van der Waals surface area contributed by atoms with Gasteiger partial charge in [0.2, 0.25) is 0 Å². The van der Waals surface area contributed by atoms with Crippen molar-refractivity contribution in [1.82, 2.24) is 25.6 Å². The summed E-state index contributed by atoms with van der Waals surface area (Å²) in [6.45, 7) is 3.91. The maximum atomic E-state index is 12.2. The van der Waals surface area contributed by atoms with Crippen LogP contribution in [0.1, 0.15) is 35.3 Å². The van der Waals surface area contributed by atoms with Crippen LogP contribution in [0.25, 0.3) is 5.69 Å². The van der Waals surface area contributed by atoms with Crippen molar-refractivity contribution in [2.24, 2.45) is 5.10 Å². The van der Waals surface area contributed by atoms with Crippen LogP contribution in [0.4, 0.5) is 0 Å². The van der Waals surface area contributed by atoms with Gasteiger partial charge in [-0.2, -0.15) is 5.10 Å². The maximum Gasteiger partial charge on any atom is 0.271 e. The fourth-order valence-corrected chi connectivity index (χ4v) is 2.31. The van der Waals surface area contributed by atoms with E-state index in [1.807, 2.05) is 43.3 Å². The molecular weight excluding hydrogens is 316 g/mol. The number of rotatable bonds is 5. The molecule has 126 valence electrons. The smallest absolute Gasteiger partial charge is 0.267 e. The molecule has 0 aliphatic rings. The summed E-state index contributed by atoms with van der Waals surface area (Å²) in [6.07, 6.45) is 2.46. The van der Waals surface area contributed by atoms with Crippen molar-refractivity contribution < 1.29 is 4.79 Å². The van der Waals surface area contributed by atoms with Crippen LogP contribution in [-0.2, 0) is 6.42 Å². The van der Waals surface area contributed by atoms with Crippen LogP contribution < -0.4 is 5.43 Å². The average Bonchev–Trinajstić information content (AvgIpc) is 3.21. The van der Waals surface area contributed by atoms with Crippen LogP contribution in [0.2, 0.25) is 0 Å². The highest BCUT2D eigenvalue weighted by atomic mass is 16.2. The number of hydrogen-bond acceptors (Lipinski definition) is 5. The number of amides is 1. The van der Waals surface area contributed by atoms with E-state index in [-0.39, 0.29) is 5.91 Å². The second-order valence-electron chi connectivity index (χ2n) is 5.49. The predicted octanol–water partition coefficient (Wildman–Crippen LogP) is 2.38. The molecule has 2 aromatic carbocycles. The number of carbonyl (C=O) groups is 1. The molecule has 1 N–H and O–H groups in total. The Hall–Kier alpha value is -3.35. The van der Waals surface area contributed by atoms with Gasteiger partial charge in [0.1, 0.15) is 6.33 Å². The first-order valence-electron chi connectivity index (χ1n) is 7.94. The Bertz CT molecular complexity index is 884. The first-order valence-corrected chi connectivity index (χ1v) is 7.94. The Morgan fingerprint density at radius 2 is 1.96 bits per heavy atom. The molecule has 0 aliphatic carbocycles. The standard InChI is InChI=1S/C18H18N6O/c1-3-14-7-9-15(10-8-14)18(25)21-20-13(2)16-5-4-6-17(11-16)24-12-19-22-23-24/h4-12H,3H2,1-2H3,(H,21,25)/b20-13-. The van der Waals surface area contributed by atoms with Gasteiger partial charge >= 0.3 is 0 Å². The molecule has 3 rings (SSSR count). The van der Waals surface area contributed by atoms with Crippen molar-refractivity contribution in [3.8, 4) is 5.69 Å². The van der Waals surface area contributed by atoms with Crippen molar-refractivity contribution >= 4 is 11.6 Å². The number of nitrogens with zero attached hydrogens (tertiary/aromatic N) is 5. The van der Waals surface area contributed by atoms with Crippen LogP contribution in [0.15, 0.2) is 60.0 Å². The quantitative estimate of drug-likeness (QED) is 0.573. The average molecular weight is 334 g/mol. The number of hydrazone groups is 1. The number of benzene rings is 2. The van der Waals surface area contributed by atoms with E-state index in [0.717, 1.165) is 17.7 Å². The highest BCUT2D eigenvalue weighted by Crippen LogP contribution is 2.10. The van der Waals surface area contributed by atoms with Crippen LogP contribution in [0.3, 0.4) is 0 Å². The molecular formula is C18H18N6O. The number of aromatic nitrogens is 4. The molecule has 25 heavy (non-hydrogen) atoms. The molecule has 0 unspecified atom stereocenters. The largest absolute Gasteiger partial charge is 0.271 e. The normalized spacial score (nSPS) is 11.4. The Labute approximate surface area is 145 Å². The summed E-state index contributed by atoms with van der Waals surface area (Å²) in [5.41, 5.74) is 6.74. The van der Waals surface area contributed by atoms with E-state index in [1.54, 1.807) is 16.8 Å². The minimum Gasteiger partial charge on any atom is -0.267 e. The molecule has 0 bridgehead atoms. The first kappa shape index (κ1) is 16.5. The third-order valence-electron chi connectivity index (χ3n) is 3.83. The lowest BCUT2D eigenvalue weighted by Crippen LogP contribution is -2.19. The molecule has 3 aromatic rings. The zero-order chi connectivity index (χ0) is 17.6. The van der Waals surface area contributed by atoms with E-state index in [2.05, 4.69) is 33.0 Å². The van der Waals surface area contributed by atoms with E-state index >= 15 is 0 Å². The van der Waals surface area contributed by atoms with Gasteiger partial charge in [0.25, 0.3) is 5.91 Å². The summed E-state index contributed by atoms with van der Waals surface area (Å²) < 4.78 is 1.56. The molecule has 0 saturated carbocycles. The summed E-state index contributed by atoms with van der Waals surface area (Å²) in [4.78, 5) is 12.2. The lowest BCUT2D eigenvalue weighted by atomic mass is 10.1. The molecule has 0 atom stereocenters. The topological polar surface area (TPSA) is 85.1 Å². The van der Waals surface area contributed by atoms with Gasteiger partial charge in [0, 0.05) is 5.56 Å². The number of nitrogens with one attached hydrogen (secondary N) is 1. The minimum absolute atomic E-state index is 0.237. The molecule has 1 amide bonds. The summed E-state index contributed by atoms with van der Waals surface area (Å²) in [6, 6.07) is 15.1.